The molecule has 0 aliphatic carbocycles. The summed E-state index contributed by atoms with van der Waals surface area (Å²) in [6.45, 7) is 6.15. The number of benzene rings is 1. The highest BCUT2D eigenvalue weighted by Gasteiger charge is 2.13. The van der Waals surface area contributed by atoms with E-state index in [1.54, 1.807) is 0 Å². The van der Waals surface area contributed by atoms with Gasteiger partial charge in [0.15, 0.2) is 5.82 Å². The first-order valence-corrected chi connectivity index (χ1v) is 6.47. The largest absolute Gasteiger partial charge is 0.324 e. The molecule has 4 nitrogen and oxygen atoms in total. The summed E-state index contributed by atoms with van der Waals surface area (Å²) in [5.41, 5.74) is 8.16. The average Bonchev–Trinajstić information content (AvgIpc) is 2.81. The Labute approximate surface area is 108 Å². The van der Waals surface area contributed by atoms with Gasteiger partial charge >= 0.3 is 0 Å². The molecule has 0 unspecified atom stereocenters. The van der Waals surface area contributed by atoms with Crippen LogP contribution in [-0.2, 0) is 12.8 Å². The molecule has 4 heteroatoms. The van der Waals surface area contributed by atoms with Gasteiger partial charge in [0.25, 0.3) is 0 Å². The number of hydrogen-bond acceptors (Lipinski definition) is 3. The average molecular weight is 244 g/mol. The summed E-state index contributed by atoms with van der Waals surface area (Å²) >= 11 is 0. The molecule has 0 fully saturated rings. The predicted octanol–water partition coefficient (Wildman–Crippen LogP) is 2.41. The van der Waals surface area contributed by atoms with Gasteiger partial charge in [-0.15, -0.1) is 0 Å². The van der Waals surface area contributed by atoms with Gasteiger partial charge < -0.3 is 5.73 Å². The van der Waals surface area contributed by atoms with Crippen LogP contribution in [0.3, 0.4) is 0 Å². The van der Waals surface area contributed by atoms with Crippen LogP contribution in [0.1, 0.15) is 44.0 Å². The Morgan fingerprint density at radius 1 is 1.22 bits per heavy atom. The van der Waals surface area contributed by atoms with Gasteiger partial charge in [-0.25, -0.2) is 9.67 Å². The van der Waals surface area contributed by atoms with Gasteiger partial charge in [0.1, 0.15) is 5.82 Å². The summed E-state index contributed by atoms with van der Waals surface area (Å²) in [6.07, 6.45) is 1.71. The van der Waals surface area contributed by atoms with Crippen LogP contribution < -0.4 is 5.73 Å². The standard InChI is InChI=1S/C14H20N4/c1-4-13-16-14(5-2)18(17-13)12-9-7-6-8-11(12)10(3)15/h6-10H,4-5,15H2,1-3H3/t10-/m1/s1. The van der Waals surface area contributed by atoms with E-state index in [-0.39, 0.29) is 6.04 Å². The van der Waals surface area contributed by atoms with Crippen LogP contribution in [0.2, 0.25) is 0 Å². The predicted molar refractivity (Wildman–Crippen MR) is 72.7 cm³/mol. The van der Waals surface area contributed by atoms with E-state index >= 15 is 0 Å². The number of hydrogen-bond donors (Lipinski definition) is 1. The second kappa shape index (κ2) is 5.31. The Bertz CT molecular complexity index is 528. The quantitative estimate of drug-likeness (QED) is 0.898. The van der Waals surface area contributed by atoms with Crippen molar-refractivity contribution in [3.8, 4) is 5.69 Å². The van der Waals surface area contributed by atoms with Gasteiger partial charge in [0.05, 0.1) is 5.69 Å². The van der Waals surface area contributed by atoms with E-state index in [1.807, 2.05) is 35.9 Å². The first-order valence-electron chi connectivity index (χ1n) is 6.47. The lowest BCUT2D eigenvalue weighted by atomic mass is 10.1. The van der Waals surface area contributed by atoms with Crippen LogP contribution in [0.4, 0.5) is 0 Å². The molecule has 1 atom stereocenters. The summed E-state index contributed by atoms with van der Waals surface area (Å²) in [6, 6.07) is 8.10. The fourth-order valence-electron chi connectivity index (χ4n) is 2.03. The van der Waals surface area contributed by atoms with Crippen molar-refractivity contribution in [2.75, 3.05) is 0 Å². The molecular formula is C14H20N4. The van der Waals surface area contributed by atoms with Crippen LogP contribution >= 0.6 is 0 Å². The third-order valence-electron chi connectivity index (χ3n) is 3.01. The Hall–Kier alpha value is -1.68. The summed E-state index contributed by atoms with van der Waals surface area (Å²) < 4.78 is 1.93. The summed E-state index contributed by atoms with van der Waals surface area (Å²) in [5.74, 6) is 1.87. The smallest absolute Gasteiger partial charge is 0.151 e. The van der Waals surface area contributed by atoms with E-state index in [4.69, 9.17) is 5.73 Å². The van der Waals surface area contributed by atoms with Crippen molar-refractivity contribution in [3.05, 3.63) is 41.5 Å². The van der Waals surface area contributed by atoms with Gasteiger partial charge in [0, 0.05) is 18.9 Å². The van der Waals surface area contributed by atoms with Gasteiger partial charge in [-0.1, -0.05) is 32.0 Å². The summed E-state index contributed by atoms with van der Waals surface area (Å²) in [7, 11) is 0. The minimum atomic E-state index is -0.0137. The topological polar surface area (TPSA) is 56.7 Å². The molecule has 2 aromatic rings. The number of nitrogens with zero attached hydrogens (tertiary/aromatic N) is 3. The number of aromatic nitrogens is 3. The van der Waals surface area contributed by atoms with Crippen molar-refractivity contribution >= 4 is 0 Å². The minimum Gasteiger partial charge on any atom is -0.324 e. The van der Waals surface area contributed by atoms with Crippen molar-refractivity contribution in [1.29, 1.82) is 0 Å². The second-order valence-electron chi connectivity index (χ2n) is 4.41. The van der Waals surface area contributed by atoms with Crippen LogP contribution in [0.25, 0.3) is 5.69 Å². The maximum absolute atomic E-state index is 6.02. The van der Waals surface area contributed by atoms with E-state index in [0.717, 1.165) is 35.7 Å². The van der Waals surface area contributed by atoms with Crippen LogP contribution in [-0.4, -0.2) is 14.8 Å². The van der Waals surface area contributed by atoms with Gasteiger partial charge in [-0.3, -0.25) is 0 Å². The van der Waals surface area contributed by atoms with Crippen molar-refractivity contribution in [1.82, 2.24) is 14.8 Å². The molecular weight excluding hydrogens is 224 g/mol. The zero-order chi connectivity index (χ0) is 13.1. The maximum Gasteiger partial charge on any atom is 0.151 e. The second-order valence-corrected chi connectivity index (χ2v) is 4.41. The molecule has 0 saturated carbocycles. The highest BCUT2D eigenvalue weighted by atomic mass is 15.4. The highest BCUT2D eigenvalue weighted by Crippen LogP contribution is 2.20. The fraction of sp³-hybridized carbons (Fsp3) is 0.429. The van der Waals surface area contributed by atoms with E-state index in [0.29, 0.717) is 0 Å². The molecule has 1 aromatic carbocycles. The Kier molecular flexibility index (Phi) is 3.77. The Balaban J connectivity index is 2.57. The SMILES string of the molecule is CCc1nc(CC)n(-c2ccccc2[C@@H](C)N)n1. The van der Waals surface area contributed by atoms with E-state index < -0.39 is 0 Å². The van der Waals surface area contributed by atoms with Crippen molar-refractivity contribution < 1.29 is 0 Å². The van der Waals surface area contributed by atoms with E-state index in [2.05, 4.69) is 23.9 Å². The third kappa shape index (κ3) is 2.29. The molecule has 0 saturated heterocycles. The minimum absolute atomic E-state index is 0.0137. The van der Waals surface area contributed by atoms with Crippen molar-refractivity contribution in [2.24, 2.45) is 5.73 Å². The van der Waals surface area contributed by atoms with Gasteiger partial charge in [-0.05, 0) is 18.6 Å². The molecule has 0 radical (unpaired) electrons. The molecule has 18 heavy (non-hydrogen) atoms. The highest BCUT2D eigenvalue weighted by molar-refractivity contribution is 5.42. The van der Waals surface area contributed by atoms with Gasteiger partial charge in [0.2, 0.25) is 0 Å². The van der Waals surface area contributed by atoms with Crippen LogP contribution in [0.15, 0.2) is 24.3 Å². The Morgan fingerprint density at radius 3 is 2.56 bits per heavy atom. The molecule has 2 rings (SSSR count). The maximum atomic E-state index is 6.02. The molecule has 1 heterocycles. The molecule has 0 aliphatic heterocycles. The molecule has 0 bridgehead atoms. The lowest BCUT2D eigenvalue weighted by Gasteiger charge is -2.13. The van der Waals surface area contributed by atoms with E-state index in [1.165, 1.54) is 0 Å². The summed E-state index contributed by atoms with van der Waals surface area (Å²) in [5, 5.41) is 4.56. The monoisotopic (exact) mass is 244 g/mol. The Morgan fingerprint density at radius 2 is 1.94 bits per heavy atom. The van der Waals surface area contributed by atoms with Crippen LogP contribution in [0, 0.1) is 0 Å². The molecule has 2 N–H and O–H groups in total. The van der Waals surface area contributed by atoms with E-state index in [9.17, 15) is 0 Å². The zero-order valence-electron chi connectivity index (χ0n) is 11.2. The summed E-state index contributed by atoms with van der Waals surface area (Å²) in [4.78, 5) is 4.54. The first kappa shape index (κ1) is 12.8. The zero-order valence-corrected chi connectivity index (χ0v) is 11.2. The number of aryl methyl sites for hydroxylation is 2. The lowest BCUT2D eigenvalue weighted by Crippen LogP contribution is -2.12. The first-order chi connectivity index (χ1) is 8.67. The number of rotatable bonds is 4. The molecule has 1 aromatic heterocycles. The normalized spacial score (nSPS) is 12.7. The molecule has 96 valence electrons. The third-order valence-corrected chi connectivity index (χ3v) is 3.01. The molecule has 0 spiro atoms. The number of para-hydroxylation sites is 1. The van der Waals surface area contributed by atoms with Crippen molar-refractivity contribution in [3.63, 3.8) is 0 Å². The fourth-order valence-corrected chi connectivity index (χ4v) is 2.03. The van der Waals surface area contributed by atoms with Gasteiger partial charge in [-0.2, -0.15) is 5.10 Å². The van der Waals surface area contributed by atoms with Crippen LogP contribution in [0.5, 0.6) is 0 Å². The lowest BCUT2D eigenvalue weighted by molar-refractivity contribution is 0.748. The number of nitrogens with two attached hydrogens (primary N) is 1. The molecule has 0 aliphatic rings. The van der Waals surface area contributed by atoms with Crippen molar-refractivity contribution in [2.45, 2.75) is 39.7 Å². The molecule has 0 amide bonds.